The van der Waals surface area contributed by atoms with E-state index in [0.29, 0.717) is 12.1 Å². The van der Waals surface area contributed by atoms with Crippen molar-refractivity contribution in [3.8, 4) is 0 Å². The minimum atomic E-state index is -0.690. The summed E-state index contributed by atoms with van der Waals surface area (Å²) in [7, 11) is 0. The minimum Gasteiger partial charge on any atom is -0.352 e. The highest BCUT2D eigenvalue weighted by atomic mass is 32.2. The Morgan fingerprint density at radius 2 is 1.82 bits per heavy atom. The topological polar surface area (TPSA) is 84.2 Å². The molecule has 0 aliphatic rings. The number of hydrogen-bond donors (Lipinski definition) is 3. The van der Waals surface area contributed by atoms with E-state index in [0.717, 1.165) is 5.75 Å². The molecule has 0 aliphatic carbocycles. The number of urea groups is 1. The predicted molar refractivity (Wildman–Crippen MR) is 93.3 cm³/mol. The van der Waals surface area contributed by atoms with Gasteiger partial charge in [0.25, 0.3) is 0 Å². The van der Waals surface area contributed by atoms with E-state index in [1.807, 2.05) is 30.5 Å². The molecule has 0 aliphatic heterocycles. The van der Waals surface area contributed by atoms with Crippen molar-refractivity contribution in [1.82, 2.24) is 5.32 Å². The molecule has 0 bridgehead atoms. The van der Waals surface area contributed by atoms with Crippen molar-refractivity contribution >= 4 is 29.4 Å². The van der Waals surface area contributed by atoms with Gasteiger partial charge in [0.15, 0.2) is 0 Å². The highest BCUT2D eigenvalue weighted by Crippen LogP contribution is 2.23. The Labute approximate surface area is 136 Å². The van der Waals surface area contributed by atoms with Gasteiger partial charge in [-0.3, -0.25) is 4.79 Å². The Morgan fingerprint density at radius 1 is 1.23 bits per heavy atom. The number of nitrogens with two attached hydrogens (primary N) is 1. The van der Waals surface area contributed by atoms with Crippen LogP contribution in [0.15, 0.2) is 24.3 Å². The first kappa shape index (κ1) is 18.4. The number of nitrogens with one attached hydrogen (secondary N) is 2. The Bertz CT molecular complexity index is 509. The maximum atomic E-state index is 12.2. The van der Waals surface area contributed by atoms with Crippen LogP contribution in [0.1, 0.15) is 32.8 Å². The number of amides is 3. The number of rotatable bonds is 6. The predicted octanol–water partition coefficient (Wildman–Crippen LogP) is 2.71. The van der Waals surface area contributed by atoms with Crippen LogP contribution in [0.25, 0.3) is 0 Å². The summed E-state index contributed by atoms with van der Waals surface area (Å²) >= 11 is 1.61. The van der Waals surface area contributed by atoms with E-state index in [9.17, 15) is 9.59 Å². The maximum Gasteiger partial charge on any atom is 0.312 e. The molecule has 0 saturated heterocycles. The zero-order valence-corrected chi connectivity index (χ0v) is 14.4. The highest BCUT2D eigenvalue weighted by molar-refractivity contribution is 7.98. The van der Waals surface area contributed by atoms with Crippen molar-refractivity contribution < 1.29 is 9.59 Å². The van der Waals surface area contributed by atoms with Gasteiger partial charge in [-0.15, -0.1) is 0 Å². The second-order valence-electron chi connectivity index (χ2n) is 6.16. The van der Waals surface area contributed by atoms with Gasteiger partial charge in [-0.05, 0) is 41.5 Å². The molecule has 22 heavy (non-hydrogen) atoms. The maximum absolute atomic E-state index is 12.2. The van der Waals surface area contributed by atoms with E-state index in [4.69, 9.17) is 5.73 Å². The van der Waals surface area contributed by atoms with E-state index in [1.54, 1.807) is 11.8 Å². The lowest BCUT2D eigenvalue weighted by Crippen LogP contribution is -2.46. The molecule has 4 N–H and O–H groups in total. The molecule has 1 rings (SSSR count). The summed E-state index contributed by atoms with van der Waals surface area (Å²) in [5.41, 5.74) is 7.09. The second kappa shape index (κ2) is 8.08. The van der Waals surface area contributed by atoms with Gasteiger partial charge in [0.05, 0.1) is 0 Å². The number of benzene rings is 1. The lowest BCUT2D eigenvalue weighted by Gasteiger charge is -2.20. The van der Waals surface area contributed by atoms with E-state index >= 15 is 0 Å². The third-order valence-corrected chi connectivity index (χ3v) is 3.91. The molecule has 1 aromatic rings. The van der Waals surface area contributed by atoms with E-state index in [1.165, 1.54) is 5.56 Å². The molecule has 6 heteroatoms. The molecule has 5 nitrogen and oxygen atoms in total. The summed E-state index contributed by atoms with van der Waals surface area (Å²) in [6.45, 7) is 6.40. The van der Waals surface area contributed by atoms with Crippen molar-refractivity contribution in [2.45, 2.75) is 38.6 Å². The third-order valence-electron chi connectivity index (χ3n) is 3.26. The molecular weight excluding hydrogens is 298 g/mol. The number of carbonyl (C=O) groups is 2. The first-order chi connectivity index (χ1) is 10.2. The summed E-state index contributed by atoms with van der Waals surface area (Å²) in [5.74, 6) is 0.512. The molecular formula is C16H25N3O2S. The van der Waals surface area contributed by atoms with Crippen LogP contribution in [-0.4, -0.2) is 30.0 Å². The first-order valence-corrected chi connectivity index (χ1v) is 8.59. The lowest BCUT2D eigenvalue weighted by atomic mass is 9.87. The molecule has 1 unspecified atom stereocenters. The fourth-order valence-corrected chi connectivity index (χ4v) is 2.43. The van der Waals surface area contributed by atoms with Crippen LogP contribution >= 0.6 is 11.8 Å². The summed E-state index contributed by atoms with van der Waals surface area (Å²) < 4.78 is 0. The normalized spacial score (nSPS) is 12.5. The molecule has 0 saturated carbocycles. The van der Waals surface area contributed by atoms with Gasteiger partial charge in [-0.1, -0.05) is 32.9 Å². The minimum absolute atomic E-state index is 0.0664. The molecule has 1 aromatic carbocycles. The molecule has 0 fully saturated rings. The number of carbonyl (C=O) groups excluding carboxylic acids is 2. The first-order valence-electron chi connectivity index (χ1n) is 7.20. The number of anilines is 1. The van der Waals surface area contributed by atoms with E-state index < -0.39 is 12.1 Å². The zero-order chi connectivity index (χ0) is 16.8. The van der Waals surface area contributed by atoms with Crippen molar-refractivity contribution in [3.63, 3.8) is 0 Å². The van der Waals surface area contributed by atoms with Gasteiger partial charge in [-0.2, -0.15) is 11.8 Å². The van der Waals surface area contributed by atoms with Crippen molar-refractivity contribution in [3.05, 3.63) is 29.8 Å². The van der Waals surface area contributed by atoms with Crippen LogP contribution in [0, 0.1) is 0 Å². The molecule has 122 valence electrons. The lowest BCUT2D eigenvalue weighted by molar-refractivity contribution is -0.117. The molecule has 3 amide bonds. The van der Waals surface area contributed by atoms with Crippen molar-refractivity contribution in [2.75, 3.05) is 17.3 Å². The molecule has 0 radical (unpaired) electrons. The zero-order valence-electron chi connectivity index (χ0n) is 13.6. The van der Waals surface area contributed by atoms with Crippen LogP contribution in [0.4, 0.5) is 10.5 Å². The van der Waals surface area contributed by atoms with Crippen molar-refractivity contribution in [2.24, 2.45) is 5.73 Å². The summed E-state index contributed by atoms with van der Waals surface area (Å²) in [5, 5.41) is 5.30. The van der Waals surface area contributed by atoms with Crippen LogP contribution < -0.4 is 16.4 Å². The smallest absolute Gasteiger partial charge is 0.312 e. The van der Waals surface area contributed by atoms with Gasteiger partial charge in [0, 0.05) is 5.69 Å². The standard InChI is InChI=1S/C16H25N3O2S/c1-16(2,3)11-5-7-12(8-6-11)18-14(20)13(9-10-22-4)19-15(17)21/h5-8,13H,9-10H2,1-4H3,(H,18,20)(H3,17,19,21). The molecule has 1 atom stereocenters. The second-order valence-corrected chi connectivity index (χ2v) is 7.14. The fraction of sp³-hybridized carbons (Fsp3) is 0.500. The average molecular weight is 323 g/mol. The van der Waals surface area contributed by atoms with Crippen LogP contribution in [0.3, 0.4) is 0 Å². The number of primary amides is 1. The van der Waals surface area contributed by atoms with Crippen LogP contribution in [0.2, 0.25) is 0 Å². The summed E-state index contributed by atoms with van der Waals surface area (Å²) in [4.78, 5) is 23.3. The van der Waals surface area contributed by atoms with Gasteiger partial charge < -0.3 is 16.4 Å². The highest BCUT2D eigenvalue weighted by Gasteiger charge is 2.20. The number of hydrogen-bond acceptors (Lipinski definition) is 3. The summed E-state index contributed by atoms with van der Waals surface area (Å²) in [6, 6.07) is 6.42. The van der Waals surface area contributed by atoms with Gasteiger partial charge in [-0.25, -0.2) is 4.79 Å². The van der Waals surface area contributed by atoms with E-state index in [-0.39, 0.29) is 11.3 Å². The van der Waals surface area contributed by atoms with Crippen molar-refractivity contribution in [1.29, 1.82) is 0 Å². The van der Waals surface area contributed by atoms with E-state index in [2.05, 4.69) is 31.4 Å². The van der Waals surface area contributed by atoms with Crippen LogP contribution in [-0.2, 0) is 10.2 Å². The Balaban J connectivity index is 2.73. The Morgan fingerprint density at radius 3 is 2.27 bits per heavy atom. The van der Waals surface area contributed by atoms with Gasteiger partial charge in [0.1, 0.15) is 6.04 Å². The monoisotopic (exact) mass is 323 g/mol. The average Bonchev–Trinajstić information content (AvgIpc) is 2.42. The summed E-state index contributed by atoms with van der Waals surface area (Å²) in [6.07, 6.45) is 2.49. The van der Waals surface area contributed by atoms with Crippen LogP contribution in [0.5, 0.6) is 0 Å². The molecule has 0 spiro atoms. The quantitative estimate of drug-likeness (QED) is 0.752. The third kappa shape index (κ3) is 5.97. The van der Waals surface area contributed by atoms with Gasteiger partial charge >= 0.3 is 6.03 Å². The molecule has 0 aromatic heterocycles. The Hall–Kier alpha value is -1.69. The SMILES string of the molecule is CSCCC(NC(N)=O)C(=O)Nc1ccc(C(C)(C)C)cc1. The fourth-order valence-electron chi connectivity index (χ4n) is 1.96. The molecule has 0 heterocycles. The van der Waals surface area contributed by atoms with Gasteiger partial charge in [0.2, 0.25) is 5.91 Å². The Kier molecular flexibility index (Phi) is 6.74. The largest absolute Gasteiger partial charge is 0.352 e. The number of thioether (sulfide) groups is 1.